The minimum Gasteiger partial charge on any atom is -0.447 e. The molecule has 150 valence electrons. The Morgan fingerprint density at radius 3 is 2.76 bits per heavy atom. The molecule has 9 heteroatoms. The minimum absolute atomic E-state index is 0.0621. The van der Waals surface area contributed by atoms with Gasteiger partial charge in [-0.1, -0.05) is 30.3 Å². The van der Waals surface area contributed by atoms with Crippen LogP contribution in [0.1, 0.15) is 30.9 Å². The first-order chi connectivity index (χ1) is 14.0. The van der Waals surface area contributed by atoms with Crippen LogP contribution in [0.25, 0.3) is 11.0 Å². The first kappa shape index (κ1) is 18.9. The maximum Gasteiger partial charge on any atom is 0.308 e. The van der Waals surface area contributed by atoms with Crippen LogP contribution >= 0.6 is 0 Å². The molecule has 1 aliphatic carbocycles. The van der Waals surface area contributed by atoms with Crippen LogP contribution in [-0.2, 0) is 27.9 Å². The number of amides is 1. The summed E-state index contributed by atoms with van der Waals surface area (Å²) in [6.45, 7) is 0.0985. The quantitative estimate of drug-likeness (QED) is 0.600. The lowest BCUT2D eigenvalue weighted by Crippen LogP contribution is -2.33. The average Bonchev–Trinajstić information content (AvgIpc) is 3.46. The number of hydrogen-bond donors (Lipinski definition) is 1. The van der Waals surface area contributed by atoms with Crippen molar-refractivity contribution in [2.75, 3.05) is 0 Å². The highest BCUT2D eigenvalue weighted by Crippen LogP contribution is 2.23. The number of nitrogens with zero attached hydrogens (tertiary/aromatic N) is 4. The van der Waals surface area contributed by atoms with Gasteiger partial charge in [0.15, 0.2) is 5.65 Å². The van der Waals surface area contributed by atoms with Gasteiger partial charge in [0, 0.05) is 25.2 Å². The predicted octanol–water partition coefficient (Wildman–Crippen LogP) is 1.08. The summed E-state index contributed by atoms with van der Waals surface area (Å²) in [6.07, 6.45) is 3.64. The van der Waals surface area contributed by atoms with E-state index in [0.717, 1.165) is 12.8 Å². The average molecular weight is 395 g/mol. The van der Waals surface area contributed by atoms with E-state index < -0.39 is 12.1 Å². The summed E-state index contributed by atoms with van der Waals surface area (Å²) in [5.74, 6) is -0.898. The van der Waals surface area contributed by atoms with Gasteiger partial charge in [-0.3, -0.25) is 23.6 Å². The molecule has 0 unspecified atom stereocenters. The normalized spacial score (nSPS) is 14.5. The number of carbonyl (C=O) groups is 2. The van der Waals surface area contributed by atoms with E-state index in [9.17, 15) is 14.4 Å². The summed E-state index contributed by atoms with van der Waals surface area (Å²) in [6, 6.07) is 9.05. The van der Waals surface area contributed by atoms with Crippen LogP contribution in [0.4, 0.5) is 0 Å². The second kappa shape index (κ2) is 7.86. The lowest BCUT2D eigenvalue weighted by atomic mass is 10.1. The Morgan fingerprint density at radius 1 is 1.28 bits per heavy atom. The summed E-state index contributed by atoms with van der Waals surface area (Å²) in [4.78, 5) is 41.7. The van der Waals surface area contributed by atoms with Gasteiger partial charge in [-0.25, -0.2) is 4.98 Å². The number of fused-ring (bicyclic) bond motifs is 1. The van der Waals surface area contributed by atoms with Gasteiger partial charge in [-0.05, 0) is 12.8 Å². The molecule has 0 radical (unpaired) electrons. The van der Waals surface area contributed by atoms with Crippen molar-refractivity contribution in [3.8, 4) is 0 Å². The molecule has 29 heavy (non-hydrogen) atoms. The second-order valence-electron chi connectivity index (χ2n) is 7.06. The molecular formula is C20H21N5O4. The molecule has 9 nitrogen and oxygen atoms in total. The summed E-state index contributed by atoms with van der Waals surface area (Å²) >= 11 is 0. The highest BCUT2D eigenvalue weighted by Gasteiger charge is 2.30. The number of rotatable bonds is 7. The third-order valence-corrected chi connectivity index (χ3v) is 4.79. The van der Waals surface area contributed by atoms with Gasteiger partial charge in [0.25, 0.3) is 11.5 Å². The van der Waals surface area contributed by atoms with Gasteiger partial charge in [0.05, 0.1) is 18.9 Å². The molecule has 1 N–H and O–H groups in total. The molecule has 0 spiro atoms. The molecule has 1 fully saturated rings. The third-order valence-electron chi connectivity index (χ3n) is 4.79. The largest absolute Gasteiger partial charge is 0.447 e. The molecule has 2 heterocycles. The Morgan fingerprint density at radius 2 is 2.03 bits per heavy atom. The Bertz CT molecular complexity index is 1100. The molecule has 0 aliphatic heterocycles. The zero-order valence-electron chi connectivity index (χ0n) is 15.9. The number of aryl methyl sites for hydroxylation is 2. The van der Waals surface area contributed by atoms with E-state index in [1.807, 2.05) is 6.07 Å². The fraction of sp³-hybridized carbons (Fsp3) is 0.350. The maximum atomic E-state index is 12.5. The number of nitrogens with one attached hydrogen (secondary N) is 1. The lowest BCUT2D eigenvalue weighted by molar-refractivity contribution is -0.156. The van der Waals surface area contributed by atoms with Gasteiger partial charge < -0.3 is 10.1 Å². The number of carbonyl (C=O) groups excluding carboxylic acids is 2. The second-order valence-corrected chi connectivity index (χ2v) is 7.06. The standard InChI is InChI=1S/C20H21N5O4/c1-24-18-15(11-22-24)20(28)25(12-21-18)10-9-16(26)29-17(13-5-3-2-4-6-13)19(27)23-14-7-8-14/h2-6,11-12,14,17H,7-10H2,1H3,(H,23,27)/t17-/m0/s1. The van der Waals surface area contributed by atoms with Crippen LogP contribution in [0.2, 0.25) is 0 Å². The minimum atomic E-state index is -1.01. The number of ether oxygens (including phenoxy) is 1. The van der Waals surface area contributed by atoms with Crippen molar-refractivity contribution in [3.63, 3.8) is 0 Å². The van der Waals surface area contributed by atoms with E-state index in [2.05, 4.69) is 15.4 Å². The highest BCUT2D eigenvalue weighted by molar-refractivity contribution is 5.85. The highest BCUT2D eigenvalue weighted by atomic mass is 16.5. The lowest BCUT2D eigenvalue weighted by Gasteiger charge is -2.18. The first-order valence-corrected chi connectivity index (χ1v) is 9.45. The topological polar surface area (TPSA) is 108 Å². The third kappa shape index (κ3) is 4.18. The smallest absolute Gasteiger partial charge is 0.308 e. The number of esters is 1. The van der Waals surface area contributed by atoms with Gasteiger partial charge in [-0.15, -0.1) is 0 Å². The van der Waals surface area contributed by atoms with Crippen LogP contribution < -0.4 is 10.9 Å². The zero-order valence-corrected chi connectivity index (χ0v) is 15.9. The van der Waals surface area contributed by atoms with Crippen molar-refractivity contribution in [1.29, 1.82) is 0 Å². The molecule has 1 amide bonds. The molecule has 1 atom stereocenters. The van der Waals surface area contributed by atoms with Crippen LogP contribution in [0.15, 0.2) is 47.7 Å². The van der Waals surface area contributed by atoms with Gasteiger partial charge in [0.1, 0.15) is 5.39 Å². The van der Waals surface area contributed by atoms with E-state index in [4.69, 9.17) is 4.74 Å². The first-order valence-electron chi connectivity index (χ1n) is 9.45. The van der Waals surface area contributed by atoms with Crippen molar-refractivity contribution in [2.45, 2.75) is 38.0 Å². The van der Waals surface area contributed by atoms with Crippen molar-refractivity contribution in [3.05, 3.63) is 58.8 Å². The SMILES string of the molecule is Cn1ncc2c(=O)n(CCC(=O)O[C@H](C(=O)NC3CC3)c3ccccc3)cnc21. The van der Waals surface area contributed by atoms with E-state index in [-0.39, 0.29) is 30.5 Å². The Balaban J connectivity index is 1.44. The van der Waals surface area contributed by atoms with E-state index in [1.54, 1.807) is 31.3 Å². The fourth-order valence-electron chi connectivity index (χ4n) is 3.03. The molecule has 1 aromatic carbocycles. The van der Waals surface area contributed by atoms with Crippen molar-refractivity contribution < 1.29 is 14.3 Å². The summed E-state index contributed by atoms with van der Waals surface area (Å²) in [5.41, 5.74) is 0.811. The predicted molar refractivity (Wildman–Crippen MR) is 104 cm³/mol. The van der Waals surface area contributed by atoms with Gasteiger partial charge >= 0.3 is 5.97 Å². The van der Waals surface area contributed by atoms with Gasteiger partial charge in [-0.2, -0.15) is 5.10 Å². The Labute approximate surface area is 166 Å². The molecule has 3 aromatic rings. The van der Waals surface area contributed by atoms with E-state index >= 15 is 0 Å². The summed E-state index contributed by atoms with van der Waals surface area (Å²) < 4.78 is 8.33. The molecule has 1 aliphatic rings. The van der Waals surface area contributed by atoms with Gasteiger partial charge in [0.2, 0.25) is 6.10 Å². The van der Waals surface area contributed by atoms with Crippen LogP contribution in [0.5, 0.6) is 0 Å². The summed E-state index contributed by atoms with van der Waals surface area (Å²) in [5, 5.41) is 7.27. The zero-order chi connectivity index (χ0) is 20.4. The maximum absolute atomic E-state index is 12.5. The van der Waals surface area contributed by atoms with Crippen LogP contribution in [-0.4, -0.2) is 37.2 Å². The monoisotopic (exact) mass is 395 g/mol. The number of aromatic nitrogens is 4. The van der Waals surface area contributed by atoms with Crippen molar-refractivity contribution in [2.24, 2.45) is 7.05 Å². The number of hydrogen-bond acceptors (Lipinski definition) is 6. The molecule has 0 bridgehead atoms. The molecule has 1 saturated carbocycles. The molecule has 2 aromatic heterocycles. The molecular weight excluding hydrogens is 374 g/mol. The molecule has 4 rings (SSSR count). The Hall–Kier alpha value is -3.49. The Kier molecular flexibility index (Phi) is 5.11. The van der Waals surface area contributed by atoms with Crippen LogP contribution in [0, 0.1) is 0 Å². The van der Waals surface area contributed by atoms with Crippen LogP contribution in [0.3, 0.4) is 0 Å². The van der Waals surface area contributed by atoms with Crippen molar-refractivity contribution >= 4 is 22.9 Å². The van der Waals surface area contributed by atoms with E-state index in [1.165, 1.54) is 21.8 Å². The fourth-order valence-corrected chi connectivity index (χ4v) is 3.03. The number of benzene rings is 1. The summed E-state index contributed by atoms with van der Waals surface area (Å²) in [7, 11) is 1.70. The van der Waals surface area contributed by atoms with Crippen molar-refractivity contribution in [1.82, 2.24) is 24.6 Å². The van der Waals surface area contributed by atoms with E-state index in [0.29, 0.717) is 16.6 Å². The molecule has 0 saturated heterocycles.